The van der Waals surface area contributed by atoms with Gasteiger partial charge in [-0.2, -0.15) is 4.31 Å². The monoisotopic (exact) mass is 315 g/mol. The van der Waals surface area contributed by atoms with E-state index in [9.17, 15) is 13.2 Å². The average molecular weight is 315 g/mol. The zero-order valence-electron chi connectivity index (χ0n) is 10.9. The van der Waals surface area contributed by atoms with Gasteiger partial charge in [0.1, 0.15) is 10.6 Å². The zero-order valence-corrected chi connectivity index (χ0v) is 12.5. The van der Waals surface area contributed by atoms with E-state index in [1.54, 1.807) is 13.0 Å². The van der Waals surface area contributed by atoms with Crippen molar-refractivity contribution in [3.05, 3.63) is 40.0 Å². The summed E-state index contributed by atoms with van der Waals surface area (Å²) >= 11 is 0.889. The fourth-order valence-corrected chi connectivity index (χ4v) is 3.89. The molecule has 0 unspecified atom stereocenters. The van der Waals surface area contributed by atoms with Crippen molar-refractivity contribution in [2.24, 2.45) is 0 Å². The summed E-state index contributed by atoms with van der Waals surface area (Å²) in [5, 5.41) is 10.2. The maximum absolute atomic E-state index is 12.3. The number of thiophene rings is 1. The molecule has 0 atom stereocenters. The van der Waals surface area contributed by atoms with Crippen LogP contribution in [0.4, 0.5) is 0 Å². The molecule has 0 saturated carbocycles. The lowest BCUT2D eigenvalue weighted by Gasteiger charge is -2.15. The van der Waals surface area contributed by atoms with E-state index < -0.39 is 16.0 Å². The van der Waals surface area contributed by atoms with E-state index in [0.29, 0.717) is 5.76 Å². The molecule has 20 heavy (non-hydrogen) atoms. The van der Waals surface area contributed by atoms with Gasteiger partial charge in [-0.1, -0.05) is 0 Å². The zero-order chi connectivity index (χ0) is 14.9. The summed E-state index contributed by atoms with van der Waals surface area (Å²) in [4.78, 5) is 10.8. The Morgan fingerprint density at radius 2 is 2.20 bits per heavy atom. The van der Waals surface area contributed by atoms with E-state index in [1.165, 1.54) is 29.1 Å². The van der Waals surface area contributed by atoms with Crippen molar-refractivity contribution in [3.63, 3.8) is 0 Å². The Kier molecular flexibility index (Phi) is 3.98. The van der Waals surface area contributed by atoms with Crippen LogP contribution in [0.1, 0.15) is 21.0 Å². The van der Waals surface area contributed by atoms with E-state index >= 15 is 0 Å². The summed E-state index contributed by atoms with van der Waals surface area (Å²) < 4.78 is 30.9. The van der Waals surface area contributed by atoms with E-state index in [1.807, 2.05) is 0 Å². The fourth-order valence-electron chi connectivity index (χ4n) is 1.65. The Labute approximate surface area is 120 Å². The Hall–Kier alpha value is -1.64. The van der Waals surface area contributed by atoms with Gasteiger partial charge in [0.2, 0.25) is 10.0 Å². The molecular formula is C12H13NO5S2. The molecule has 6 nitrogen and oxygen atoms in total. The highest BCUT2D eigenvalue weighted by Crippen LogP contribution is 2.23. The van der Waals surface area contributed by atoms with Crippen molar-refractivity contribution in [2.75, 3.05) is 7.05 Å². The highest BCUT2D eigenvalue weighted by molar-refractivity contribution is 7.89. The lowest BCUT2D eigenvalue weighted by molar-refractivity contribution is 0.0702. The van der Waals surface area contributed by atoms with E-state index in [-0.39, 0.29) is 16.3 Å². The predicted molar refractivity (Wildman–Crippen MR) is 73.4 cm³/mol. The maximum Gasteiger partial charge on any atom is 0.345 e. The molecule has 0 fully saturated rings. The summed E-state index contributed by atoms with van der Waals surface area (Å²) in [7, 11) is -2.26. The third-order valence-electron chi connectivity index (χ3n) is 2.85. The summed E-state index contributed by atoms with van der Waals surface area (Å²) in [5.41, 5.74) is 0.768. The molecule has 0 aliphatic heterocycles. The second-order valence-electron chi connectivity index (χ2n) is 4.21. The Morgan fingerprint density at radius 3 is 2.70 bits per heavy atom. The molecule has 2 rings (SSSR count). The van der Waals surface area contributed by atoms with Gasteiger partial charge in [-0.15, -0.1) is 11.3 Å². The molecule has 0 spiro atoms. The van der Waals surface area contributed by atoms with Crippen LogP contribution < -0.4 is 0 Å². The summed E-state index contributed by atoms with van der Waals surface area (Å²) in [6, 6.07) is 2.87. The normalized spacial score (nSPS) is 11.9. The minimum absolute atomic E-state index is 0.00327. The number of furan rings is 1. The van der Waals surface area contributed by atoms with Crippen LogP contribution in [0.3, 0.4) is 0 Å². The molecule has 8 heteroatoms. The topological polar surface area (TPSA) is 87.8 Å². The van der Waals surface area contributed by atoms with Crippen molar-refractivity contribution >= 4 is 27.3 Å². The second-order valence-corrected chi connectivity index (χ2v) is 7.17. The quantitative estimate of drug-likeness (QED) is 0.913. The van der Waals surface area contributed by atoms with Crippen LogP contribution in [0, 0.1) is 6.92 Å². The van der Waals surface area contributed by atoms with Gasteiger partial charge in [0.25, 0.3) is 0 Å². The average Bonchev–Trinajstić information content (AvgIpc) is 2.99. The molecule has 108 valence electrons. The van der Waals surface area contributed by atoms with Gasteiger partial charge in [0.15, 0.2) is 0 Å². The molecular weight excluding hydrogens is 302 g/mol. The van der Waals surface area contributed by atoms with Gasteiger partial charge in [0.05, 0.1) is 11.2 Å². The number of hydrogen-bond donors (Lipinski definition) is 1. The largest absolute Gasteiger partial charge is 0.477 e. The van der Waals surface area contributed by atoms with Crippen molar-refractivity contribution in [1.29, 1.82) is 0 Å². The molecule has 2 aromatic rings. The Morgan fingerprint density at radius 1 is 1.50 bits per heavy atom. The minimum Gasteiger partial charge on any atom is -0.477 e. The van der Waals surface area contributed by atoms with Crippen LogP contribution in [-0.4, -0.2) is 30.8 Å². The third kappa shape index (κ3) is 2.77. The standard InChI is InChI=1S/C12H13NO5S2/c1-8-9(3-4-18-8)6-13(2)20(16,17)10-5-11(12(14)15)19-7-10/h3-5,7H,6H2,1-2H3,(H,14,15). The van der Waals surface area contributed by atoms with Crippen LogP contribution in [-0.2, 0) is 16.6 Å². The highest BCUT2D eigenvalue weighted by atomic mass is 32.2. The van der Waals surface area contributed by atoms with Crippen molar-refractivity contribution in [2.45, 2.75) is 18.4 Å². The SMILES string of the molecule is Cc1occc1CN(C)S(=O)(=O)c1csc(C(=O)O)c1. The first kappa shape index (κ1) is 14.8. The first-order valence-electron chi connectivity index (χ1n) is 5.63. The van der Waals surface area contributed by atoms with E-state index in [2.05, 4.69) is 0 Å². The number of sulfonamides is 1. The van der Waals surface area contributed by atoms with Crippen LogP contribution in [0.2, 0.25) is 0 Å². The van der Waals surface area contributed by atoms with Crippen molar-refractivity contribution in [1.82, 2.24) is 4.31 Å². The Bertz CT molecular complexity index is 729. The molecule has 0 radical (unpaired) electrons. The van der Waals surface area contributed by atoms with Gasteiger partial charge >= 0.3 is 5.97 Å². The lowest BCUT2D eigenvalue weighted by Crippen LogP contribution is -2.26. The first-order valence-corrected chi connectivity index (χ1v) is 7.95. The lowest BCUT2D eigenvalue weighted by atomic mass is 10.3. The maximum atomic E-state index is 12.3. The third-order valence-corrected chi connectivity index (χ3v) is 5.70. The number of carbonyl (C=O) groups is 1. The molecule has 2 heterocycles. The molecule has 0 aliphatic rings. The van der Waals surface area contributed by atoms with Gasteiger partial charge in [-0.3, -0.25) is 0 Å². The number of aromatic carboxylic acids is 1. The number of carboxylic acids is 1. The van der Waals surface area contributed by atoms with Gasteiger partial charge < -0.3 is 9.52 Å². The van der Waals surface area contributed by atoms with E-state index in [0.717, 1.165) is 16.9 Å². The molecule has 2 aromatic heterocycles. The van der Waals surface area contributed by atoms with Crippen LogP contribution in [0.5, 0.6) is 0 Å². The van der Waals surface area contributed by atoms with Crippen molar-refractivity contribution < 1.29 is 22.7 Å². The molecule has 0 aliphatic carbocycles. The summed E-state index contributed by atoms with van der Waals surface area (Å²) in [6.45, 7) is 1.92. The molecule has 0 saturated heterocycles. The first-order chi connectivity index (χ1) is 9.32. The number of nitrogens with zero attached hydrogens (tertiary/aromatic N) is 1. The molecule has 0 aromatic carbocycles. The highest BCUT2D eigenvalue weighted by Gasteiger charge is 2.24. The van der Waals surface area contributed by atoms with Gasteiger partial charge in [0, 0.05) is 24.5 Å². The number of aryl methyl sites for hydroxylation is 1. The fraction of sp³-hybridized carbons (Fsp3) is 0.250. The van der Waals surface area contributed by atoms with Gasteiger partial charge in [-0.25, -0.2) is 13.2 Å². The van der Waals surface area contributed by atoms with Crippen LogP contribution in [0.25, 0.3) is 0 Å². The molecule has 1 N–H and O–H groups in total. The number of hydrogen-bond acceptors (Lipinski definition) is 5. The van der Waals surface area contributed by atoms with E-state index in [4.69, 9.17) is 9.52 Å². The summed E-state index contributed by atoms with van der Waals surface area (Å²) in [5.74, 6) is -0.478. The smallest absolute Gasteiger partial charge is 0.345 e. The summed E-state index contributed by atoms with van der Waals surface area (Å²) in [6.07, 6.45) is 1.50. The van der Waals surface area contributed by atoms with Crippen LogP contribution >= 0.6 is 11.3 Å². The number of rotatable bonds is 5. The minimum atomic E-state index is -3.71. The second kappa shape index (κ2) is 5.39. The van der Waals surface area contributed by atoms with Gasteiger partial charge in [-0.05, 0) is 19.1 Å². The molecule has 0 bridgehead atoms. The Balaban J connectivity index is 2.25. The number of carboxylic acid groups (broad SMARTS) is 1. The predicted octanol–water partition coefficient (Wildman–Crippen LogP) is 2.17. The molecule has 0 amide bonds. The van der Waals surface area contributed by atoms with Crippen LogP contribution in [0.15, 0.2) is 33.1 Å². The van der Waals surface area contributed by atoms with Crippen molar-refractivity contribution in [3.8, 4) is 0 Å².